The predicted molar refractivity (Wildman–Crippen MR) is 123 cm³/mol. The van der Waals surface area contributed by atoms with Crippen molar-refractivity contribution in [3.63, 3.8) is 0 Å². The maximum Gasteiger partial charge on any atom is 0.0916 e. The van der Waals surface area contributed by atoms with E-state index in [1.807, 2.05) is 0 Å². The van der Waals surface area contributed by atoms with Crippen LogP contribution >= 0.6 is 0 Å². The van der Waals surface area contributed by atoms with Crippen LogP contribution in [0, 0.1) is 58.0 Å². The highest BCUT2D eigenvalue weighted by atomic mass is 16.5. The molecular weight excluding hydrogens is 402 g/mol. The van der Waals surface area contributed by atoms with Gasteiger partial charge in [-0.05, 0) is 86.4 Å². The monoisotopic (exact) mass is 447 g/mol. The maximum atomic E-state index is 14.2. The third kappa shape index (κ3) is 2.87. The fourth-order valence-corrected chi connectivity index (χ4v) is 10.9. The van der Waals surface area contributed by atoms with Crippen LogP contribution in [0.2, 0.25) is 0 Å². The van der Waals surface area contributed by atoms with Crippen LogP contribution in [0.15, 0.2) is 0 Å². The van der Waals surface area contributed by atoms with Crippen LogP contribution in [-0.2, 0) is 0 Å². The molecule has 0 spiro atoms. The highest BCUT2D eigenvalue weighted by Gasteiger charge is 2.69. The van der Waals surface area contributed by atoms with Gasteiger partial charge in [0.05, 0.1) is 36.9 Å². The van der Waals surface area contributed by atoms with Gasteiger partial charge >= 0.3 is 0 Å². The molecule has 0 amide bonds. The summed E-state index contributed by atoms with van der Waals surface area (Å²) in [6.07, 6.45) is 7.60. The number of rotatable bonds is 0. The molecule has 4 saturated carbocycles. The van der Waals surface area contributed by atoms with Crippen molar-refractivity contribution < 1.29 is 20.0 Å². The van der Waals surface area contributed by atoms with Crippen LogP contribution in [0.3, 0.4) is 0 Å². The van der Waals surface area contributed by atoms with E-state index in [2.05, 4.69) is 20.8 Å². The molecule has 2 aliphatic heterocycles. The topological polar surface area (TPSA) is 83.8 Å². The summed E-state index contributed by atoms with van der Waals surface area (Å²) in [4.78, 5) is 0. The molecule has 3 N–H and O–H groups in total. The van der Waals surface area contributed by atoms with Crippen molar-refractivity contribution in [3.8, 4) is 0 Å². The lowest BCUT2D eigenvalue weighted by molar-refractivity contribution is -0.929. The zero-order valence-electron chi connectivity index (χ0n) is 20.3. The lowest BCUT2D eigenvalue weighted by atomic mass is 9.50. The van der Waals surface area contributed by atoms with Gasteiger partial charge in [0.2, 0.25) is 0 Å². The van der Waals surface area contributed by atoms with E-state index >= 15 is 0 Å². The Labute approximate surface area is 193 Å². The standard InChI is InChI=1S/C27H45NO4/c1-15-4-5-24-16(2)18-7-9-27(31)20(19(18)14-28(24,32)13-15)11-21-22(27)12-25(30)23-10-17(29)6-8-26(21,23)3/h15-25,29-31H,4-14H2,1-3H3/t15-,16-,17+,18-,19-,20+,21+,22-,23-,24+,25-,26-,27+,28?/m1/s1. The molecule has 6 aliphatic rings. The summed E-state index contributed by atoms with van der Waals surface area (Å²) in [5.74, 6) is 2.74. The Bertz CT molecular complexity index is 762. The van der Waals surface area contributed by atoms with Gasteiger partial charge in [-0.3, -0.25) is 0 Å². The van der Waals surface area contributed by atoms with E-state index < -0.39 is 11.7 Å². The van der Waals surface area contributed by atoms with Gasteiger partial charge in [0.25, 0.3) is 0 Å². The highest BCUT2D eigenvalue weighted by Crippen LogP contribution is 2.68. The molecule has 32 heavy (non-hydrogen) atoms. The van der Waals surface area contributed by atoms with Gasteiger partial charge in [-0.25, -0.2) is 0 Å². The van der Waals surface area contributed by atoms with Gasteiger partial charge in [0.1, 0.15) is 0 Å². The van der Waals surface area contributed by atoms with E-state index in [0.717, 1.165) is 45.1 Å². The lowest BCUT2D eigenvalue weighted by Crippen LogP contribution is -2.68. The fourth-order valence-electron chi connectivity index (χ4n) is 10.9. The molecule has 0 radical (unpaired) electrons. The zero-order valence-corrected chi connectivity index (χ0v) is 20.3. The number of hydrogen-bond donors (Lipinski definition) is 3. The van der Waals surface area contributed by atoms with Crippen LogP contribution in [0.1, 0.15) is 78.6 Å². The molecule has 1 unspecified atom stereocenters. The molecule has 14 atom stereocenters. The molecule has 5 nitrogen and oxygen atoms in total. The second-order valence-electron chi connectivity index (χ2n) is 13.7. The normalized spacial score (nSPS) is 64.0. The molecule has 182 valence electrons. The molecule has 0 aromatic carbocycles. The summed E-state index contributed by atoms with van der Waals surface area (Å²) < 4.78 is -0.0138. The third-order valence-corrected chi connectivity index (χ3v) is 12.4. The first kappa shape index (κ1) is 22.3. The molecule has 5 heteroatoms. The minimum absolute atomic E-state index is 0.00366. The Kier molecular flexibility index (Phi) is 4.99. The Hall–Kier alpha value is -0.200. The Morgan fingerprint density at radius 1 is 0.812 bits per heavy atom. The molecule has 0 aromatic rings. The minimum atomic E-state index is -0.718. The van der Waals surface area contributed by atoms with Crippen molar-refractivity contribution in [2.75, 3.05) is 13.1 Å². The quantitative estimate of drug-likeness (QED) is 0.391. The number of piperidine rings is 2. The molecule has 4 aliphatic carbocycles. The van der Waals surface area contributed by atoms with Crippen LogP contribution in [0.4, 0.5) is 0 Å². The summed E-state index contributed by atoms with van der Waals surface area (Å²) >= 11 is 0. The van der Waals surface area contributed by atoms with Crippen molar-refractivity contribution >= 4 is 0 Å². The summed E-state index contributed by atoms with van der Waals surface area (Å²) in [5.41, 5.74) is -0.722. The zero-order chi connectivity index (χ0) is 22.6. The Morgan fingerprint density at radius 2 is 1.59 bits per heavy atom. The van der Waals surface area contributed by atoms with E-state index in [-0.39, 0.29) is 40.0 Å². The minimum Gasteiger partial charge on any atom is -0.633 e. The number of hydrogen-bond acceptors (Lipinski definition) is 4. The molecule has 6 rings (SSSR count). The summed E-state index contributed by atoms with van der Waals surface area (Å²) in [5, 5.41) is 47.9. The number of hydroxylamine groups is 3. The second kappa shape index (κ2) is 7.16. The van der Waals surface area contributed by atoms with Gasteiger partial charge in [-0.2, -0.15) is 0 Å². The van der Waals surface area contributed by atoms with E-state index in [1.165, 1.54) is 6.42 Å². The first-order chi connectivity index (χ1) is 15.1. The van der Waals surface area contributed by atoms with Crippen molar-refractivity contribution in [2.45, 2.75) is 102 Å². The second-order valence-corrected chi connectivity index (χ2v) is 13.7. The summed E-state index contributed by atoms with van der Waals surface area (Å²) in [7, 11) is 0. The van der Waals surface area contributed by atoms with E-state index in [1.54, 1.807) is 0 Å². The number of quaternary nitrogens is 1. The summed E-state index contributed by atoms with van der Waals surface area (Å²) in [6, 6.07) is 0.255. The van der Waals surface area contributed by atoms with Crippen LogP contribution in [0.25, 0.3) is 0 Å². The van der Waals surface area contributed by atoms with Gasteiger partial charge in [-0.15, -0.1) is 0 Å². The molecular formula is C27H45NO4. The van der Waals surface area contributed by atoms with Crippen LogP contribution < -0.4 is 0 Å². The van der Waals surface area contributed by atoms with Crippen molar-refractivity contribution in [1.29, 1.82) is 0 Å². The molecule has 6 fully saturated rings. The average molecular weight is 448 g/mol. The van der Waals surface area contributed by atoms with Crippen molar-refractivity contribution in [3.05, 3.63) is 5.21 Å². The number of aliphatic hydroxyl groups excluding tert-OH is 2. The molecule has 0 aromatic heterocycles. The number of nitrogens with zero attached hydrogens (tertiary/aromatic N) is 1. The lowest BCUT2D eigenvalue weighted by Gasteiger charge is -2.64. The van der Waals surface area contributed by atoms with Gasteiger partial charge in [0.15, 0.2) is 0 Å². The first-order valence-electron chi connectivity index (χ1n) is 13.7. The molecule has 2 heterocycles. The van der Waals surface area contributed by atoms with E-state index in [4.69, 9.17) is 0 Å². The predicted octanol–water partition coefficient (Wildman–Crippen LogP) is 3.69. The van der Waals surface area contributed by atoms with Gasteiger partial charge in [0, 0.05) is 24.2 Å². The van der Waals surface area contributed by atoms with Crippen LogP contribution in [0.5, 0.6) is 0 Å². The van der Waals surface area contributed by atoms with Crippen LogP contribution in [-0.4, -0.2) is 56.9 Å². The first-order valence-corrected chi connectivity index (χ1v) is 13.7. The Balaban J connectivity index is 1.34. The molecule has 0 bridgehead atoms. The van der Waals surface area contributed by atoms with Crippen molar-refractivity contribution in [2.24, 2.45) is 52.8 Å². The largest absolute Gasteiger partial charge is 0.633 e. The smallest absolute Gasteiger partial charge is 0.0916 e. The number of aliphatic hydroxyl groups is 3. The fraction of sp³-hybridized carbons (Fsp3) is 1.00. The van der Waals surface area contributed by atoms with E-state index in [0.29, 0.717) is 49.0 Å². The highest BCUT2D eigenvalue weighted by molar-refractivity contribution is 5.17. The number of fused-ring (bicyclic) bond motifs is 8. The van der Waals surface area contributed by atoms with Gasteiger partial charge < -0.3 is 25.2 Å². The average Bonchev–Trinajstić information content (AvgIpc) is 3.02. The molecule has 2 saturated heterocycles. The Morgan fingerprint density at radius 3 is 2.38 bits per heavy atom. The van der Waals surface area contributed by atoms with Gasteiger partial charge in [-0.1, -0.05) is 20.8 Å². The summed E-state index contributed by atoms with van der Waals surface area (Å²) in [6.45, 7) is 8.39. The third-order valence-electron chi connectivity index (χ3n) is 12.4. The van der Waals surface area contributed by atoms with Crippen molar-refractivity contribution in [1.82, 2.24) is 0 Å². The maximum absolute atomic E-state index is 14.2. The SMILES string of the molecule is C[C@@H]1CC[C@H]2[C@H](C)[C@H]3CC[C@@]4(O)[C@@H]5C[C@@H](O)[C@H]6C[C@@H](O)CC[C@]6(C)[C@H]5C[C@H]4[C@@H]3C[N+]2([O-])C1. The van der Waals surface area contributed by atoms with E-state index in [9.17, 15) is 20.5 Å².